The summed E-state index contributed by atoms with van der Waals surface area (Å²) in [5.41, 5.74) is 1.90. The number of unbranched alkanes of at least 4 members (excludes halogenated alkanes) is 1. The first-order valence-corrected chi connectivity index (χ1v) is 9.86. The smallest absolute Gasteiger partial charge is 0.246 e. The van der Waals surface area contributed by atoms with Gasteiger partial charge in [-0.05, 0) is 43.0 Å². The van der Waals surface area contributed by atoms with Gasteiger partial charge in [0.2, 0.25) is 17.7 Å². The molecule has 0 aliphatic heterocycles. The molecule has 0 bridgehead atoms. The lowest BCUT2D eigenvalue weighted by molar-refractivity contribution is -0.125. The first-order chi connectivity index (χ1) is 14.3. The Labute approximate surface area is 175 Å². The van der Waals surface area contributed by atoms with Crippen LogP contribution >= 0.6 is 0 Å². The summed E-state index contributed by atoms with van der Waals surface area (Å²) in [5, 5.41) is 22.7. The van der Waals surface area contributed by atoms with Crippen molar-refractivity contribution in [1.29, 1.82) is 0 Å². The molecule has 1 heterocycles. The van der Waals surface area contributed by atoms with Crippen molar-refractivity contribution in [2.75, 3.05) is 11.9 Å². The molecule has 2 atom stereocenters. The molecule has 1 unspecified atom stereocenters. The van der Waals surface area contributed by atoms with Crippen molar-refractivity contribution in [2.24, 2.45) is 7.05 Å². The molecule has 162 valence electrons. The molecule has 0 saturated heterocycles. The van der Waals surface area contributed by atoms with Crippen molar-refractivity contribution in [3.63, 3.8) is 0 Å². The van der Waals surface area contributed by atoms with E-state index in [-0.39, 0.29) is 17.7 Å². The molecule has 0 radical (unpaired) electrons. The fourth-order valence-electron chi connectivity index (χ4n) is 3.05. The molecule has 1 aromatic heterocycles. The Kier molecular flexibility index (Phi) is 8.54. The lowest BCUT2D eigenvalue weighted by Gasteiger charge is -2.18. The minimum absolute atomic E-state index is 0.0943. The Balaban J connectivity index is 1.94. The SMILES string of the molecule is CC(=O)NCCCC[C@H](NC(C)=O)C(=O)Nc1ccc(C(O)c2ccnn2C)cc1. The zero-order chi connectivity index (χ0) is 22.1. The number of aliphatic hydroxyl groups excluding tert-OH is 1. The molecular formula is C21H29N5O4. The average molecular weight is 415 g/mol. The maximum absolute atomic E-state index is 12.6. The van der Waals surface area contributed by atoms with E-state index in [1.807, 2.05) is 0 Å². The Morgan fingerprint density at radius 3 is 2.33 bits per heavy atom. The summed E-state index contributed by atoms with van der Waals surface area (Å²) in [6, 6.07) is 7.94. The van der Waals surface area contributed by atoms with E-state index in [0.717, 1.165) is 0 Å². The van der Waals surface area contributed by atoms with E-state index in [2.05, 4.69) is 21.0 Å². The number of hydrogen-bond donors (Lipinski definition) is 4. The number of aliphatic hydroxyl groups is 1. The first kappa shape index (κ1) is 23.1. The third-order valence-electron chi connectivity index (χ3n) is 4.62. The Morgan fingerprint density at radius 1 is 1.07 bits per heavy atom. The molecule has 3 amide bonds. The van der Waals surface area contributed by atoms with Gasteiger partial charge in [-0.2, -0.15) is 5.10 Å². The predicted molar refractivity (Wildman–Crippen MR) is 112 cm³/mol. The number of aromatic nitrogens is 2. The van der Waals surface area contributed by atoms with Crippen molar-refractivity contribution in [3.05, 3.63) is 47.8 Å². The fraction of sp³-hybridized carbons (Fsp3) is 0.429. The van der Waals surface area contributed by atoms with Crippen molar-refractivity contribution in [3.8, 4) is 0 Å². The topological polar surface area (TPSA) is 125 Å². The van der Waals surface area contributed by atoms with Gasteiger partial charge in [-0.1, -0.05) is 12.1 Å². The van der Waals surface area contributed by atoms with Gasteiger partial charge in [0.25, 0.3) is 0 Å². The lowest BCUT2D eigenvalue weighted by atomic mass is 10.1. The Morgan fingerprint density at radius 2 is 1.77 bits per heavy atom. The number of rotatable bonds is 10. The number of aryl methyl sites for hydroxylation is 1. The lowest BCUT2D eigenvalue weighted by Crippen LogP contribution is -2.42. The zero-order valence-electron chi connectivity index (χ0n) is 17.5. The van der Waals surface area contributed by atoms with Crippen molar-refractivity contribution < 1.29 is 19.5 Å². The van der Waals surface area contributed by atoms with Crippen LogP contribution in [-0.2, 0) is 21.4 Å². The highest BCUT2D eigenvalue weighted by atomic mass is 16.3. The normalized spacial score (nSPS) is 12.7. The van der Waals surface area contributed by atoms with Gasteiger partial charge in [0.1, 0.15) is 12.1 Å². The molecule has 0 fully saturated rings. The largest absolute Gasteiger partial charge is 0.382 e. The first-order valence-electron chi connectivity index (χ1n) is 9.86. The second-order valence-corrected chi connectivity index (χ2v) is 7.13. The van der Waals surface area contributed by atoms with E-state index < -0.39 is 12.1 Å². The number of nitrogens with one attached hydrogen (secondary N) is 3. The van der Waals surface area contributed by atoms with E-state index in [0.29, 0.717) is 42.8 Å². The highest BCUT2D eigenvalue weighted by Gasteiger charge is 2.20. The van der Waals surface area contributed by atoms with Gasteiger partial charge in [-0.3, -0.25) is 19.1 Å². The molecule has 30 heavy (non-hydrogen) atoms. The van der Waals surface area contributed by atoms with Gasteiger partial charge >= 0.3 is 0 Å². The van der Waals surface area contributed by atoms with Crippen molar-refractivity contribution >= 4 is 23.4 Å². The van der Waals surface area contributed by atoms with E-state index >= 15 is 0 Å². The average Bonchev–Trinajstić information content (AvgIpc) is 3.12. The van der Waals surface area contributed by atoms with Crippen molar-refractivity contribution in [1.82, 2.24) is 20.4 Å². The third kappa shape index (κ3) is 7.00. The van der Waals surface area contributed by atoms with E-state index in [9.17, 15) is 19.5 Å². The number of hydrogen-bond acceptors (Lipinski definition) is 5. The number of benzene rings is 1. The molecule has 0 saturated carbocycles. The highest BCUT2D eigenvalue weighted by Crippen LogP contribution is 2.22. The summed E-state index contributed by atoms with van der Waals surface area (Å²) in [6.07, 6.45) is 2.64. The minimum atomic E-state index is -0.821. The number of amides is 3. The van der Waals surface area contributed by atoms with Crippen LogP contribution in [0, 0.1) is 0 Å². The second-order valence-electron chi connectivity index (χ2n) is 7.13. The van der Waals surface area contributed by atoms with Crippen LogP contribution < -0.4 is 16.0 Å². The van der Waals surface area contributed by atoms with Gasteiger partial charge in [0.15, 0.2) is 0 Å². The molecule has 9 heteroatoms. The monoisotopic (exact) mass is 415 g/mol. The molecule has 0 aliphatic carbocycles. The number of carbonyl (C=O) groups is 3. The van der Waals surface area contributed by atoms with Gasteiger partial charge in [0.05, 0.1) is 5.69 Å². The third-order valence-corrected chi connectivity index (χ3v) is 4.62. The van der Waals surface area contributed by atoms with Crippen LogP contribution in [0.5, 0.6) is 0 Å². The quantitative estimate of drug-likeness (QED) is 0.435. The van der Waals surface area contributed by atoms with Crippen LogP contribution in [-0.4, -0.2) is 45.2 Å². The summed E-state index contributed by atoms with van der Waals surface area (Å²) >= 11 is 0. The van der Waals surface area contributed by atoms with Gasteiger partial charge < -0.3 is 21.1 Å². The van der Waals surface area contributed by atoms with E-state index in [1.54, 1.807) is 48.3 Å². The molecular weight excluding hydrogens is 386 g/mol. The van der Waals surface area contributed by atoms with Crippen LogP contribution in [0.3, 0.4) is 0 Å². The second kappa shape index (κ2) is 11.1. The molecule has 2 rings (SSSR count). The summed E-state index contributed by atoms with van der Waals surface area (Å²) in [5.74, 6) is -0.695. The fourth-order valence-corrected chi connectivity index (χ4v) is 3.05. The maximum Gasteiger partial charge on any atom is 0.246 e. The Hall–Kier alpha value is -3.20. The summed E-state index contributed by atoms with van der Waals surface area (Å²) in [7, 11) is 1.76. The van der Waals surface area contributed by atoms with Gasteiger partial charge in [-0.25, -0.2) is 0 Å². The summed E-state index contributed by atoms with van der Waals surface area (Å²) in [6.45, 7) is 3.35. The highest BCUT2D eigenvalue weighted by molar-refractivity contribution is 5.96. The Bertz CT molecular complexity index is 863. The van der Waals surface area contributed by atoms with Crippen LogP contribution in [0.1, 0.15) is 50.5 Å². The van der Waals surface area contributed by atoms with E-state index in [1.165, 1.54) is 13.8 Å². The zero-order valence-corrected chi connectivity index (χ0v) is 17.5. The van der Waals surface area contributed by atoms with Crippen LogP contribution in [0.4, 0.5) is 5.69 Å². The molecule has 0 spiro atoms. The molecule has 1 aromatic carbocycles. The number of nitrogens with zero attached hydrogens (tertiary/aromatic N) is 2. The molecule has 2 aromatic rings. The minimum Gasteiger partial charge on any atom is -0.382 e. The number of carbonyl (C=O) groups excluding carboxylic acids is 3. The predicted octanol–water partition coefficient (Wildman–Crippen LogP) is 1.25. The van der Waals surface area contributed by atoms with Gasteiger partial charge in [0, 0.05) is 39.3 Å². The summed E-state index contributed by atoms with van der Waals surface area (Å²) < 4.78 is 1.60. The van der Waals surface area contributed by atoms with Crippen molar-refractivity contribution in [2.45, 2.75) is 45.3 Å². The van der Waals surface area contributed by atoms with Crippen LogP contribution in [0.15, 0.2) is 36.5 Å². The van der Waals surface area contributed by atoms with Crippen LogP contribution in [0.2, 0.25) is 0 Å². The number of anilines is 1. The molecule has 4 N–H and O–H groups in total. The van der Waals surface area contributed by atoms with E-state index in [4.69, 9.17) is 0 Å². The van der Waals surface area contributed by atoms with Crippen LogP contribution in [0.25, 0.3) is 0 Å². The molecule has 0 aliphatic rings. The van der Waals surface area contributed by atoms with Gasteiger partial charge in [-0.15, -0.1) is 0 Å². The summed E-state index contributed by atoms with van der Waals surface area (Å²) in [4.78, 5) is 35.0. The molecule has 9 nitrogen and oxygen atoms in total. The standard InChI is InChI=1S/C21H29N5O4/c1-14(27)22-12-5-4-6-18(24-15(2)28)21(30)25-17-9-7-16(8-10-17)20(29)19-11-13-23-26(19)3/h7-11,13,18,20,29H,4-6,12H2,1-3H3,(H,22,27)(H,24,28)(H,25,30)/t18-,20?/m0/s1. The maximum atomic E-state index is 12.6.